The normalized spacial score (nSPS) is 21.5. The lowest BCUT2D eigenvalue weighted by Gasteiger charge is -2.18. The summed E-state index contributed by atoms with van der Waals surface area (Å²) < 4.78 is 32.7. The van der Waals surface area contributed by atoms with E-state index in [4.69, 9.17) is 9.72 Å². The maximum Gasteiger partial charge on any atom is 0.272 e. The van der Waals surface area contributed by atoms with Gasteiger partial charge in [0.2, 0.25) is 0 Å². The number of alkyl halides is 2. The number of nitrogens with zero attached hydrogens (tertiary/aromatic N) is 3. The van der Waals surface area contributed by atoms with Crippen LogP contribution >= 0.6 is 0 Å². The fraction of sp³-hybridized carbons (Fsp3) is 0.478. The molecule has 1 N–H and O–H groups in total. The molecule has 0 radical (unpaired) electrons. The van der Waals surface area contributed by atoms with Crippen molar-refractivity contribution >= 4 is 11.5 Å². The first-order valence-corrected chi connectivity index (χ1v) is 10.7. The summed E-state index contributed by atoms with van der Waals surface area (Å²) in [4.78, 5) is 9.32. The van der Waals surface area contributed by atoms with E-state index in [9.17, 15) is 8.78 Å². The third-order valence-corrected chi connectivity index (χ3v) is 6.23. The van der Waals surface area contributed by atoms with Gasteiger partial charge in [-0.2, -0.15) is 0 Å². The van der Waals surface area contributed by atoms with Crippen molar-refractivity contribution in [3.05, 3.63) is 42.2 Å². The van der Waals surface area contributed by atoms with Gasteiger partial charge in [-0.05, 0) is 49.7 Å². The molecule has 2 aliphatic carbocycles. The number of ether oxygens (including phenoxy) is 1. The molecule has 3 heterocycles. The van der Waals surface area contributed by atoms with Crippen LogP contribution in [0.5, 0.6) is 5.75 Å². The molecule has 2 aliphatic rings. The van der Waals surface area contributed by atoms with E-state index < -0.39 is 13.0 Å². The SMILES string of the molecule is C[C@H]1CCC[C@@H]1Nc1cccc(-c2cnc3cc(OCC(F)F)c(C4CC4)cn23)n1. The first kappa shape index (κ1) is 19.3. The van der Waals surface area contributed by atoms with Crippen LogP contribution in [0.2, 0.25) is 0 Å². The Hall–Kier alpha value is -2.70. The molecule has 5 rings (SSSR count). The largest absolute Gasteiger partial charge is 0.487 e. The van der Waals surface area contributed by atoms with Gasteiger partial charge >= 0.3 is 0 Å². The number of pyridine rings is 2. The molecule has 0 aromatic carbocycles. The summed E-state index contributed by atoms with van der Waals surface area (Å²) in [5, 5.41) is 3.59. The minimum absolute atomic E-state index is 0.363. The number of imidazole rings is 1. The van der Waals surface area contributed by atoms with Gasteiger partial charge in [0.15, 0.2) is 0 Å². The van der Waals surface area contributed by atoms with E-state index in [-0.39, 0.29) is 0 Å². The van der Waals surface area contributed by atoms with Crippen LogP contribution in [0.3, 0.4) is 0 Å². The van der Waals surface area contributed by atoms with Crippen molar-refractivity contribution in [2.45, 2.75) is 57.4 Å². The maximum atomic E-state index is 12.7. The van der Waals surface area contributed by atoms with E-state index in [1.54, 1.807) is 12.3 Å². The van der Waals surface area contributed by atoms with Crippen molar-refractivity contribution in [1.82, 2.24) is 14.4 Å². The average Bonchev–Trinajstić information content (AvgIpc) is 3.38. The zero-order valence-electron chi connectivity index (χ0n) is 17.0. The molecule has 30 heavy (non-hydrogen) atoms. The minimum Gasteiger partial charge on any atom is -0.487 e. The minimum atomic E-state index is -2.49. The summed E-state index contributed by atoms with van der Waals surface area (Å²) in [7, 11) is 0. The molecule has 0 aliphatic heterocycles. The molecule has 0 bridgehead atoms. The van der Waals surface area contributed by atoms with Crippen LogP contribution < -0.4 is 10.1 Å². The van der Waals surface area contributed by atoms with Crippen molar-refractivity contribution in [2.75, 3.05) is 11.9 Å². The molecule has 2 fully saturated rings. The third kappa shape index (κ3) is 3.85. The molecule has 0 amide bonds. The van der Waals surface area contributed by atoms with Gasteiger partial charge in [0.1, 0.15) is 23.8 Å². The number of aromatic nitrogens is 3. The summed E-state index contributed by atoms with van der Waals surface area (Å²) in [6.07, 6.45) is 7.07. The van der Waals surface area contributed by atoms with Crippen LogP contribution in [0.15, 0.2) is 36.7 Å². The number of halogens is 2. The predicted molar refractivity (Wildman–Crippen MR) is 112 cm³/mol. The number of hydrogen-bond donors (Lipinski definition) is 1. The summed E-state index contributed by atoms with van der Waals surface area (Å²) in [5.74, 6) is 2.41. The number of rotatable bonds is 7. The first-order valence-electron chi connectivity index (χ1n) is 10.7. The van der Waals surface area contributed by atoms with Crippen LogP contribution in [0.1, 0.15) is 50.5 Å². The van der Waals surface area contributed by atoms with E-state index >= 15 is 0 Å². The van der Waals surface area contributed by atoms with Crippen molar-refractivity contribution in [3.63, 3.8) is 0 Å². The van der Waals surface area contributed by atoms with Crippen LogP contribution in [0, 0.1) is 5.92 Å². The summed E-state index contributed by atoms with van der Waals surface area (Å²) >= 11 is 0. The second kappa shape index (κ2) is 7.85. The molecule has 2 saturated carbocycles. The number of anilines is 1. The number of nitrogens with one attached hydrogen (secondary N) is 1. The molecule has 0 unspecified atom stereocenters. The highest BCUT2D eigenvalue weighted by molar-refractivity contribution is 5.64. The summed E-state index contributed by atoms with van der Waals surface area (Å²) in [6.45, 7) is 1.68. The smallest absolute Gasteiger partial charge is 0.272 e. The highest BCUT2D eigenvalue weighted by Crippen LogP contribution is 2.45. The second-order valence-corrected chi connectivity index (χ2v) is 8.51. The topological polar surface area (TPSA) is 51.5 Å². The molecule has 7 heteroatoms. The van der Waals surface area contributed by atoms with Crippen LogP contribution in [-0.2, 0) is 0 Å². The average molecular weight is 412 g/mol. The molecule has 0 saturated heterocycles. The monoisotopic (exact) mass is 412 g/mol. The highest BCUT2D eigenvalue weighted by Gasteiger charge is 2.29. The van der Waals surface area contributed by atoms with E-state index in [1.807, 2.05) is 28.8 Å². The molecule has 158 valence electrons. The Kier molecular flexibility index (Phi) is 5.05. The Morgan fingerprint density at radius 2 is 2.10 bits per heavy atom. The molecule has 3 aromatic rings. The summed E-state index contributed by atoms with van der Waals surface area (Å²) in [6, 6.07) is 8.22. The highest BCUT2D eigenvalue weighted by atomic mass is 19.3. The van der Waals surface area contributed by atoms with Gasteiger partial charge in [-0.1, -0.05) is 19.4 Å². The fourth-order valence-electron chi connectivity index (χ4n) is 4.40. The fourth-order valence-corrected chi connectivity index (χ4v) is 4.40. The lowest BCUT2D eigenvalue weighted by molar-refractivity contribution is 0.0814. The zero-order valence-corrected chi connectivity index (χ0v) is 17.0. The van der Waals surface area contributed by atoms with Gasteiger partial charge in [0.05, 0.1) is 17.6 Å². The third-order valence-electron chi connectivity index (χ3n) is 6.23. The van der Waals surface area contributed by atoms with Crippen molar-refractivity contribution in [1.29, 1.82) is 0 Å². The Morgan fingerprint density at radius 3 is 2.83 bits per heavy atom. The van der Waals surface area contributed by atoms with Gasteiger partial charge in [0.25, 0.3) is 6.43 Å². The molecule has 2 atom stereocenters. The zero-order chi connectivity index (χ0) is 20.7. The van der Waals surface area contributed by atoms with Gasteiger partial charge in [-0.15, -0.1) is 0 Å². The van der Waals surface area contributed by atoms with E-state index in [2.05, 4.69) is 17.2 Å². The lowest BCUT2D eigenvalue weighted by Crippen LogP contribution is -2.22. The molecule has 5 nitrogen and oxygen atoms in total. The first-order chi connectivity index (χ1) is 14.6. The molecular weight excluding hydrogens is 386 g/mol. The summed E-state index contributed by atoms with van der Waals surface area (Å²) in [5.41, 5.74) is 3.36. The van der Waals surface area contributed by atoms with Crippen LogP contribution in [-0.4, -0.2) is 33.4 Å². The van der Waals surface area contributed by atoms with E-state index in [0.717, 1.165) is 35.6 Å². The van der Waals surface area contributed by atoms with E-state index in [1.165, 1.54) is 19.3 Å². The molecule has 3 aromatic heterocycles. The van der Waals surface area contributed by atoms with Gasteiger partial charge in [-0.3, -0.25) is 4.40 Å². The maximum absolute atomic E-state index is 12.7. The van der Waals surface area contributed by atoms with Gasteiger partial charge in [0, 0.05) is 23.9 Å². The Morgan fingerprint density at radius 1 is 1.23 bits per heavy atom. The molecule has 0 spiro atoms. The van der Waals surface area contributed by atoms with Crippen molar-refractivity contribution in [3.8, 4) is 17.1 Å². The Bertz CT molecular complexity index is 1050. The number of fused-ring (bicyclic) bond motifs is 1. The van der Waals surface area contributed by atoms with Crippen molar-refractivity contribution in [2.24, 2.45) is 5.92 Å². The predicted octanol–water partition coefficient (Wildman–Crippen LogP) is 5.52. The Labute approximate surface area is 174 Å². The van der Waals surface area contributed by atoms with Crippen molar-refractivity contribution < 1.29 is 13.5 Å². The van der Waals surface area contributed by atoms with E-state index in [0.29, 0.717) is 29.3 Å². The standard InChI is InChI=1S/C23H26F2N4O/c1-14-4-2-5-17(14)27-22-7-3-6-18(28-22)19-11-26-23-10-20(30-13-21(24)25)16(12-29(19)23)15-8-9-15/h3,6-7,10-12,14-15,17,21H,2,4-5,8-9,13H2,1H3,(H,27,28)/t14-,17-/m0/s1. The van der Waals surface area contributed by atoms with Crippen LogP contribution in [0.25, 0.3) is 17.0 Å². The van der Waals surface area contributed by atoms with Gasteiger partial charge in [-0.25, -0.2) is 18.7 Å². The number of hydrogen-bond acceptors (Lipinski definition) is 4. The quantitative estimate of drug-likeness (QED) is 0.555. The second-order valence-electron chi connectivity index (χ2n) is 8.51. The van der Waals surface area contributed by atoms with Gasteiger partial charge < -0.3 is 10.1 Å². The molecular formula is C23H26F2N4O. The Balaban J connectivity index is 1.47. The van der Waals surface area contributed by atoms with Crippen LogP contribution in [0.4, 0.5) is 14.6 Å². The lowest BCUT2D eigenvalue weighted by atomic mass is 10.1.